The summed E-state index contributed by atoms with van der Waals surface area (Å²) in [4.78, 5) is 3.35. The molecule has 2 heterocycles. The zero-order chi connectivity index (χ0) is 26.4. The third-order valence-corrected chi connectivity index (χ3v) is 7.21. The van der Waals surface area contributed by atoms with Crippen molar-refractivity contribution >= 4 is 60.8 Å². The molecule has 186 valence electrons. The van der Waals surface area contributed by atoms with E-state index in [-0.39, 0.29) is 0 Å². The minimum atomic E-state index is 1.13. The van der Waals surface area contributed by atoms with Gasteiger partial charge in [0.15, 0.2) is 5.69 Å². The summed E-state index contributed by atoms with van der Waals surface area (Å²) in [5.41, 5.74) is 7.35. The van der Waals surface area contributed by atoms with Crippen molar-refractivity contribution < 1.29 is 0 Å². The molecule has 7 aromatic rings. The molecule has 0 amide bonds. The van der Waals surface area contributed by atoms with Gasteiger partial charge in [-0.1, -0.05) is 101 Å². The minimum Gasteiger partial charge on any atom is -0.309 e. The van der Waals surface area contributed by atoms with Gasteiger partial charge in [0, 0.05) is 32.4 Å². The monoisotopic (exact) mass is 565 g/mol. The van der Waals surface area contributed by atoms with Gasteiger partial charge in [0.05, 0.1) is 22.6 Å². The number of rotatable bonds is 1. The van der Waals surface area contributed by atoms with Crippen LogP contribution in [0.3, 0.4) is 0 Å². The normalized spacial score (nSPS) is 11.3. The summed E-state index contributed by atoms with van der Waals surface area (Å²) in [7, 11) is 0. The molecule has 39 heavy (non-hydrogen) atoms. The van der Waals surface area contributed by atoms with Crippen LogP contribution in [-0.4, -0.2) is 9.55 Å². The van der Waals surface area contributed by atoms with Crippen molar-refractivity contribution in [2.75, 3.05) is 0 Å². The first kappa shape index (κ1) is 24.6. The molecule has 5 aromatic carbocycles. The topological polar surface area (TPSA) is 20.7 Å². The third-order valence-electron chi connectivity index (χ3n) is 6.68. The van der Waals surface area contributed by atoms with Crippen molar-refractivity contribution in [1.29, 1.82) is 0 Å². The highest BCUT2D eigenvalue weighted by atomic mass is 79.9. The predicted octanol–water partition coefficient (Wildman–Crippen LogP) is 10.2. The summed E-state index contributed by atoms with van der Waals surface area (Å²) < 4.78 is 3.46. The van der Waals surface area contributed by atoms with E-state index in [1.807, 2.05) is 48.6 Å². The first-order valence-electron chi connectivity index (χ1n) is 12.9. The molecule has 0 saturated heterocycles. The number of hydrogen-bond acceptors (Lipinski definition) is 0. The van der Waals surface area contributed by atoms with Gasteiger partial charge in [-0.3, -0.25) is 0 Å². The molecule has 8 rings (SSSR count). The second kappa shape index (κ2) is 11.4. The maximum Gasteiger partial charge on any atom is 0.159 e. The molecule has 0 saturated carbocycles. The highest BCUT2D eigenvalue weighted by molar-refractivity contribution is 9.10. The zero-order valence-electron chi connectivity index (χ0n) is 21.3. The highest BCUT2D eigenvalue weighted by Crippen LogP contribution is 2.31. The molecule has 0 bridgehead atoms. The molecule has 0 atom stereocenters. The van der Waals surface area contributed by atoms with Gasteiger partial charge < -0.3 is 9.55 Å². The van der Waals surface area contributed by atoms with Crippen molar-refractivity contribution in [2.24, 2.45) is 0 Å². The first-order chi connectivity index (χ1) is 19.3. The molecular weight excluding hydrogens is 540 g/mol. The largest absolute Gasteiger partial charge is 0.309 e. The zero-order valence-corrected chi connectivity index (χ0v) is 22.8. The standard InChI is InChI=1S/C18H13N.C12H8N.C6H5Br/c1-2-8-14(9-3-1)19-17-12-6-4-10-15(17)16-11-5-7-13-18(16)19;1-3-7-11-9(5-1)10-6-2-4-8-12(10)13-11;7-6-4-2-1-3-5-6/h1-13H;1-3,5-8,13H;1-5H/q;+1;. The fourth-order valence-corrected chi connectivity index (χ4v) is 5.24. The maximum absolute atomic E-state index is 3.35. The molecule has 0 fully saturated rings. The molecular formula is C36H26BrN2+. The van der Waals surface area contributed by atoms with Gasteiger partial charge in [0.1, 0.15) is 17.7 Å². The average Bonchev–Trinajstić information content (AvgIpc) is 3.55. The summed E-state index contributed by atoms with van der Waals surface area (Å²) in [6.07, 6.45) is 9.09. The van der Waals surface area contributed by atoms with Crippen molar-refractivity contribution in [3.05, 3.63) is 161 Å². The Balaban J connectivity index is 0.000000119. The van der Waals surface area contributed by atoms with Crippen LogP contribution in [0.4, 0.5) is 0 Å². The van der Waals surface area contributed by atoms with Crippen LogP contribution in [0, 0.1) is 6.08 Å². The Morgan fingerprint density at radius 3 is 1.72 bits per heavy atom. The minimum absolute atomic E-state index is 1.13. The Hall–Kier alpha value is -4.69. The van der Waals surface area contributed by atoms with E-state index < -0.39 is 0 Å². The Morgan fingerprint density at radius 1 is 0.564 bits per heavy atom. The van der Waals surface area contributed by atoms with Crippen molar-refractivity contribution in [1.82, 2.24) is 9.55 Å². The summed E-state index contributed by atoms with van der Waals surface area (Å²) in [5.74, 6) is 0. The van der Waals surface area contributed by atoms with Gasteiger partial charge in [-0.2, -0.15) is 0 Å². The molecule has 0 aliphatic heterocycles. The Labute approximate surface area is 236 Å². The number of benzene rings is 5. The van der Waals surface area contributed by atoms with Crippen LogP contribution < -0.4 is 0 Å². The number of para-hydroxylation sites is 4. The number of aromatic amines is 1. The Morgan fingerprint density at radius 2 is 1.10 bits per heavy atom. The molecule has 2 nitrogen and oxygen atoms in total. The van der Waals surface area contributed by atoms with E-state index in [9.17, 15) is 0 Å². The van der Waals surface area contributed by atoms with Gasteiger partial charge in [0.2, 0.25) is 0 Å². The van der Waals surface area contributed by atoms with Crippen LogP contribution in [0.5, 0.6) is 0 Å². The number of allylic oxidation sites excluding steroid dienone is 2. The van der Waals surface area contributed by atoms with Crippen LogP contribution in [-0.2, 0) is 0 Å². The molecule has 3 heteroatoms. The lowest BCUT2D eigenvalue weighted by molar-refractivity contribution is 1.18. The average molecular weight is 567 g/mol. The van der Waals surface area contributed by atoms with Crippen molar-refractivity contribution in [3.63, 3.8) is 0 Å². The fraction of sp³-hybridized carbons (Fsp3) is 0. The molecule has 0 unspecified atom stereocenters. The highest BCUT2D eigenvalue weighted by Gasteiger charge is 2.15. The van der Waals surface area contributed by atoms with Crippen molar-refractivity contribution in [3.8, 4) is 5.69 Å². The van der Waals surface area contributed by atoms with E-state index in [0.717, 1.165) is 10.2 Å². The SMILES string of the molecule is Brc1ccccc1.[C+]1=Cc2[nH]c3ccccc3c2C=C1.c1ccc(-n2c3ccccc3c3ccccc32)cc1. The van der Waals surface area contributed by atoms with Gasteiger partial charge in [-0.05, 0) is 48.5 Å². The molecule has 2 aromatic heterocycles. The summed E-state index contributed by atoms with van der Waals surface area (Å²) in [5, 5.41) is 3.90. The van der Waals surface area contributed by atoms with Crippen LogP contribution in [0.1, 0.15) is 11.3 Å². The molecule has 0 spiro atoms. The molecule has 1 N–H and O–H groups in total. The number of fused-ring (bicyclic) bond motifs is 6. The van der Waals surface area contributed by atoms with Gasteiger partial charge in [-0.25, -0.2) is 0 Å². The smallest absolute Gasteiger partial charge is 0.159 e. The van der Waals surface area contributed by atoms with Gasteiger partial charge >= 0.3 is 0 Å². The first-order valence-corrected chi connectivity index (χ1v) is 13.7. The van der Waals surface area contributed by atoms with E-state index in [1.165, 1.54) is 44.0 Å². The van der Waals surface area contributed by atoms with Crippen LogP contribution in [0.2, 0.25) is 0 Å². The second-order valence-corrected chi connectivity index (χ2v) is 10.1. The summed E-state index contributed by atoms with van der Waals surface area (Å²) in [6.45, 7) is 0. The maximum atomic E-state index is 3.35. The van der Waals surface area contributed by atoms with Gasteiger partial charge in [-0.15, -0.1) is 0 Å². The van der Waals surface area contributed by atoms with E-state index >= 15 is 0 Å². The second-order valence-electron chi connectivity index (χ2n) is 9.14. The number of H-pyrrole nitrogens is 1. The third kappa shape index (κ3) is 5.19. The lowest BCUT2D eigenvalue weighted by atomic mass is 10.1. The number of halogens is 1. The molecule has 0 radical (unpaired) electrons. The molecule has 1 aliphatic rings. The lowest BCUT2D eigenvalue weighted by Crippen LogP contribution is -1.92. The number of aromatic nitrogens is 2. The number of nitrogens with one attached hydrogen (secondary N) is 1. The summed E-state index contributed by atoms with van der Waals surface area (Å²) >= 11 is 3.31. The lowest BCUT2D eigenvalue weighted by Gasteiger charge is -2.06. The van der Waals surface area contributed by atoms with Crippen LogP contribution >= 0.6 is 15.9 Å². The van der Waals surface area contributed by atoms with E-state index in [1.54, 1.807) is 0 Å². The molecule has 1 aliphatic carbocycles. The Kier molecular flexibility index (Phi) is 7.18. The van der Waals surface area contributed by atoms with Crippen LogP contribution in [0.25, 0.3) is 50.5 Å². The fourth-order valence-electron chi connectivity index (χ4n) is 4.93. The Bertz CT molecular complexity index is 1860. The van der Waals surface area contributed by atoms with E-state index in [2.05, 4.69) is 135 Å². The van der Waals surface area contributed by atoms with E-state index in [0.29, 0.717) is 0 Å². The summed E-state index contributed by atoms with van der Waals surface area (Å²) in [6, 6.07) is 46.0. The quantitative estimate of drug-likeness (QED) is 0.191. The number of hydrogen-bond donors (Lipinski definition) is 1. The predicted molar refractivity (Wildman–Crippen MR) is 170 cm³/mol. The number of nitrogens with zero attached hydrogens (tertiary/aromatic N) is 1. The van der Waals surface area contributed by atoms with Crippen molar-refractivity contribution in [2.45, 2.75) is 0 Å². The van der Waals surface area contributed by atoms with Crippen LogP contribution in [0.15, 0.2) is 144 Å². The van der Waals surface area contributed by atoms with Gasteiger partial charge in [0.25, 0.3) is 0 Å². The van der Waals surface area contributed by atoms with E-state index in [4.69, 9.17) is 0 Å².